The molecule has 180 valence electrons. The third kappa shape index (κ3) is 4.67. The maximum absolute atomic E-state index is 13.8. The van der Waals surface area contributed by atoms with E-state index in [1.54, 1.807) is 17.8 Å². The fourth-order valence-electron chi connectivity index (χ4n) is 5.35. The molecule has 0 aromatic heterocycles. The number of para-hydroxylation sites is 1. The smallest absolute Gasteiger partial charge is 0.245 e. The zero-order valence-corrected chi connectivity index (χ0v) is 21.1. The molecule has 3 N–H and O–H groups in total. The van der Waals surface area contributed by atoms with Gasteiger partial charge in [-0.25, -0.2) is 0 Å². The van der Waals surface area contributed by atoms with Gasteiger partial charge in [0.15, 0.2) is 0 Å². The Kier molecular flexibility index (Phi) is 6.56. The lowest BCUT2D eigenvalue weighted by atomic mass is 9.96. The van der Waals surface area contributed by atoms with Crippen LogP contribution < -0.4 is 15.5 Å². The first-order valence-corrected chi connectivity index (χ1v) is 13.2. The Morgan fingerprint density at radius 1 is 1.00 bits per heavy atom. The number of benzene rings is 3. The highest BCUT2D eigenvalue weighted by Gasteiger charge is 2.35. The molecule has 1 saturated heterocycles. The number of nitrogens with zero attached hydrogens (tertiary/aromatic N) is 2. The van der Waals surface area contributed by atoms with Crippen molar-refractivity contribution in [3.63, 3.8) is 0 Å². The summed E-state index contributed by atoms with van der Waals surface area (Å²) in [5, 5.41) is 7.41. The van der Waals surface area contributed by atoms with Gasteiger partial charge in [-0.05, 0) is 74.6 Å². The van der Waals surface area contributed by atoms with Crippen molar-refractivity contribution in [3.05, 3.63) is 89.5 Å². The number of carbonyl (C=O) groups is 1. The molecule has 6 heteroatoms. The van der Waals surface area contributed by atoms with E-state index in [1.165, 1.54) is 24.9 Å². The molecule has 2 aliphatic rings. The molecular formula is C29H32N4OS. The van der Waals surface area contributed by atoms with E-state index in [1.807, 2.05) is 41.3 Å². The predicted octanol–water partition coefficient (Wildman–Crippen LogP) is 6.12. The van der Waals surface area contributed by atoms with Crippen LogP contribution in [0.5, 0.6) is 0 Å². The quantitative estimate of drug-likeness (QED) is 0.338. The normalized spacial score (nSPS) is 22.1. The number of rotatable bonds is 5. The number of hydrogen-bond acceptors (Lipinski definition) is 4. The van der Waals surface area contributed by atoms with Gasteiger partial charge in [0.1, 0.15) is 11.1 Å². The summed E-state index contributed by atoms with van der Waals surface area (Å²) in [6.45, 7) is 5.14. The number of fused-ring (bicyclic) bond motifs is 1. The van der Waals surface area contributed by atoms with E-state index in [0.717, 1.165) is 21.7 Å². The van der Waals surface area contributed by atoms with Crippen LogP contribution in [0.4, 0.5) is 11.4 Å². The van der Waals surface area contributed by atoms with Gasteiger partial charge in [-0.1, -0.05) is 42.5 Å². The second-order valence-electron chi connectivity index (χ2n) is 9.63. The summed E-state index contributed by atoms with van der Waals surface area (Å²) in [5.74, 6) is 0.0616. The summed E-state index contributed by atoms with van der Waals surface area (Å²) in [4.78, 5) is 19.3. The molecule has 1 amide bonds. The number of anilines is 2. The van der Waals surface area contributed by atoms with Gasteiger partial charge >= 0.3 is 0 Å². The number of amides is 1. The van der Waals surface area contributed by atoms with Crippen LogP contribution in [-0.2, 0) is 11.3 Å². The van der Waals surface area contributed by atoms with Crippen LogP contribution in [0.15, 0.2) is 77.7 Å². The molecule has 5 rings (SSSR count). The Morgan fingerprint density at radius 3 is 2.43 bits per heavy atom. The number of hydrogen-bond donors (Lipinski definition) is 2. The Bertz CT molecular complexity index is 1230. The van der Waals surface area contributed by atoms with Crippen LogP contribution in [-0.4, -0.2) is 23.8 Å². The van der Waals surface area contributed by atoms with E-state index < -0.39 is 0 Å². The van der Waals surface area contributed by atoms with E-state index in [2.05, 4.69) is 49.1 Å². The van der Waals surface area contributed by atoms with Crippen molar-refractivity contribution in [1.29, 1.82) is 5.41 Å². The monoisotopic (exact) mass is 484 g/mol. The Balaban J connectivity index is 1.43. The number of nitrogen functional groups attached to an aromatic ring is 1. The topological polar surface area (TPSA) is 73.4 Å². The van der Waals surface area contributed by atoms with Gasteiger partial charge in [0.25, 0.3) is 0 Å². The van der Waals surface area contributed by atoms with E-state index in [9.17, 15) is 4.79 Å². The number of piperidine rings is 1. The Morgan fingerprint density at radius 2 is 1.71 bits per heavy atom. The third-order valence-corrected chi connectivity index (χ3v) is 8.47. The second kappa shape index (κ2) is 9.78. The average molecular weight is 485 g/mol. The van der Waals surface area contributed by atoms with Crippen molar-refractivity contribution in [1.82, 2.24) is 0 Å². The van der Waals surface area contributed by atoms with Gasteiger partial charge in [-0.2, -0.15) is 0 Å². The van der Waals surface area contributed by atoms with Gasteiger partial charge in [-0.3, -0.25) is 10.2 Å². The summed E-state index contributed by atoms with van der Waals surface area (Å²) < 4.78 is 0. The number of amidine groups is 1. The molecule has 2 aliphatic heterocycles. The van der Waals surface area contributed by atoms with Crippen LogP contribution in [0.1, 0.15) is 55.1 Å². The predicted molar refractivity (Wildman–Crippen MR) is 145 cm³/mol. The van der Waals surface area contributed by atoms with E-state index in [-0.39, 0.29) is 17.0 Å². The van der Waals surface area contributed by atoms with Gasteiger partial charge in [0.2, 0.25) is 5.91 Å². The largest absolute Gasteiger partial charge is 0.384 e. The van der Waals surface area contributed by atoms with Gasteiger partial charge in [-0.15, -0.1) is 11.8 Å². The molecule has 2 heterocycles. The highest BCUT2D eigenvalue weighted by molar-refractivity contribution is 8.00. The molecule has 1 unspecified atom stereocenters. The molecule has 3 atom stereocenters. The molecule has 3 aromatic carbocycles. The second-order valence-corrected chi connectivity index (χ2v) is 10.8. The van der Waals surface area contributed by atoms with Crippen LogP contribution in [0.25, 0.3) is 0 Å². The molecule has 5 nitrogen and oxygen atoms in total. The molecule has 0 bridgehead atoms. The highest BCUT2D eigenvalue weighted by Crippen LogP contribution is 2.47. The SMILES string of the molecule is C[C@@H]1CCC[C@H](C)N1c1ccc(CN2C(=O)C(c3cccc(C(=N)N)c3)Sc3ccccc32)cc1. The van der Waals surface area contributed by atoms with Crippen LogP contribution in [0, 0.1) is 5.41 Å². The van der Waals surface area contributed by atoms with Crippen molar-refractivity contribution in [2.24, 2.45) is 5.73 Å². The molecule has 0 aliphatic carbocycles. The fourth-order valence-corrected chi connectivity index (χ4v) is 6.57. The first kappa shape index (κ1) is 23.5. The summed E-state index contributed by atoms with van der Waals surface area (Å²) in [6.07, 6.45) is 3.76. The zero-order chi connectivity index (χ0) is 24.5. The number of nitrogens with two attached hydrogens (primary N) is 1. The zero-order valence-electron chi connectivity index (χ0n) is 20.3. The molecule has 1 fully saturated rings. The Labute approximate surface area is 211 Å². The molecule has 0 spiro atoms. The molecule has 0 saturated carbocycles. The van der Waals surface area contributed by atoms with Crippen LogP contribution >= 0.6 is 11.8 Å². The van der Waals surface area contributed by atoms with Crippen LogP contribution in [0.3, 0.4) is 0 Å². The summed E-state index contributed by atoms with van der Waals surface area (Å²) in [5.41, 5.74) is 10.5. The maximum Gasteiger partial charge on any atom is 0.245 e. The number of carbonyl (C=O) groups excluding carboxylic acids is 1. The van der Waals surface area contributed by atoms with Gasteiger partial charge < -0.3 is 15.5 Å². The molecular weight excluding hydrogens is 452 g/mol. The van der Waals surface area contributed by atoms with Gasteiger partial charge in [0.05, 0.1) is 12.2 Å². The van der Waals surface area contributed by atoms with Crippen molar-refractivity contribution in [2.45, 2.75) is 61.9 Å². The van der Waals surface area contributed by atoms with Crippen molar-refractivity contribution < 1.29 is 4.79 Å². The third-order valence-electron chi connectivity index (χ3n) is 7.16. The van der Waals surface area contributed by atoms with Crippen LogP contribution in [0.2, 0.25) is 0 Å². The van der Waals surface area contributed by atoms with E-state index >= 15 is 0 Å². The van der Waals surface area contributed by atoms with E-state index in [4.69, 9.17) is 11.1 Å². The first-order chi connectivity index (χ1) is 16.9. The standard InChI is InChI=1S/C29H32N4OS/c1-19-7-5-8-20(2)33(19)24-15-13-21(14-16-24)18-32-25-11-3-4-12-26(25)35-27(29(32)34)22-9-6-10-23(17-22)28(30)31/h3-4,6,9-17,19-20,27H,5,7-8,18H2,1-2H3,(H3,30,31)/t19-,20+,27?. The minimum Gasteiger partial charge on any atom is -0.384 e. The number of nitrogens with one attached hydrogen (secondary N) is 1. The van der Waals surface area contributed by atoms with Crippen molar-refractivity contribution in [3.8, 4) is 0 Å². The fraction of sp³-hybridized carbons (Fsp3) is 0.310. The highest BCUT2D eigenvalue weighted by atomic mass is 32.2. The lowest BCUT2D eigenvalue weighted by Crippen LogP contribution is -2.43. The lowest BCUT2D eigenvalue weighted by molar-refractivity contribution is -0.118. The van der Waals surface area contributed by atoms with Crippen molar-refractivity contribution >= 4 is 34.9 Å². The summed E-state index contributed by atoms with van der Waals surface area (Å²) >= 11 is 1.57. The molecule has 0 radical (unpaired) electrons. The van der Waals surface area contributed by atoms with Crippen molar-refractivity contribution in [2.75, 3.05) is 9.80 Å². The summed E-state index contributed by atoms with van der Waals surface area (Å²) in [6, 6.07) is 25.4. The molecule has 3 aromatic rings. The Hall–Kier alpha value is -3.25. The lowest BCUT2D eigenvalue weighted by Gasteiger charge is -2.41. The number of thioether (sulfide) groups is 1. The average Bonchev–Trinajstić information content (AvgIpc) is 2.86. The summed E-state index contributed by atoms with van der Waals surface area (Å²) in [7, 11) is 0. The van der Waals surface area contributed by atoms with Gasteiger partial charge in [0, 0.05) is 28.2 Å². The molecule has 35 heavy (non-hydrogen) atoms. The van der Waals surface area contributed by atoms with E-state index in [0.29, 0.717) is 24.2 Å². The first-order valence-electron chi connectivity index (χ1n) is 12.3. The minimum atomic E-state index is -0.376. The maximum atomic E-state index is 13.8. The minimum absolute atomic E-state index is 0.00907.